The van der Waals surface area contributed by atoms with E-state index in [-0.39, 0.29) is 5.92 Å². The Morgan fingerprint density at radius 2 is 2.13 bits per heavy atom. The minimum absolute atomic E-state index is 0.177. The van der Waals surface area contributed by atoms with Crippen LogP contribution in [0.15, 0.2) is 36.9 Å². The Bertz CT molecular complexity index is 321. The van der Waals surface area contributed by atoms with Gasteiger partial charge in [0.15, 0.2) is 0 Å². The molecule has 2 heteroatoms. The molecule has 0 radical (unpaired) electrons. The van der Waals surface area contributed by atoms with Crippen LogP contribution in [0.4, 0.5) is 0 Å². The van der Waals surface area contributed by atoms with E-state index in [0.29, 0.717) is 6.42 Å². The number of carbonyl (C=O) groups excluding carboxylic acids is 1. The highest BCUT2D eigenvalue weighted by Gasteiger charge is 2.13. The third kappa shape index (κ3) is 2.94. The Morgan fingerprint density at radius 3 is 2.73 bits per heavy atom. The van der Waals surface area contributed by atoms with Crippen LogP contribution in [0.3, 0.4) is 0 Å². The molecular weight excluding hydrogens is 188 g/mol. The van der Waals surface area contributed by atoms with E-state index in [0.717, 1.165) is 24.0 Å². The van der Waals surface area contributed by atoms with E-state index in [9.17, 15) is 4.79 Å². The molecule has 2 nitrogen and oxygen atoms in total. The molecule has 0 aliphatic rings. The average Bonchev–Trinajstić information content (AvgIpc) is 2.29. The molecule has 15 heavy (non-hydrogen) atoms. The Balaban J connectivity index is 2.97. The van der Waals surface area contributed by atoms with Gasteiger partial charge in [0.2, 0.25) is 0 Å². The van der Waals surface area contributed by atoms with Crippen molar-refractivity contribution < 1.29 is 9.53 Å². The van der Waals surface area contributed by atoms with Crippen molar-refractivity contribution >= 4 is 6.29 Å². The van der Waals surface area contributed by atoms with Crippen LogP contribution in [0.1, 0.15) is 24.3 Å². The van der Waals surface area contributed by atoms with E-state index in [1.54, 1.807) is 7.11 Å². The molecule has 0 fully saturated rings. The molecule has 1 aromatic rings. The zero-order valence-electron chi connectivity index (χ0n) is 8.98. The summed E-state index contributed by atoms with van der Waals surface area (Å²) >= 11 is 0. The first-order valence-corrected chi connectivity index (χ1v) is 5.01. The van der Waals surface area contributed by atoms with Gasteiger partial charge < -0.3 is 9.53 Å². The molecule has 80 valence electrons. The predicted octanol–water partition coefficient (Wildman–Crippen LogP) is 2.94. The molecule has 1 rings (SSSR count). The normalized spacial score (nSPS) is 11.8. The molecule has 0 heterocycles. The molecule has 0 aromatic heterocycles. The summed E-state index contributed by atoms with van der Waals surface area (Å²) in [7, 11) is 1.64. The van der Waals surface area contributed by atoms with E-state index < -0.39 is 0 Å². The summed E-state index contributed by atoms with van der Waals surface area (Å²) in [5.41, 5.74) is 1.08. The fourth-order valence-corrected chi connectivity index (χ4v) is 1.67. The summed E-state index contributed by atoms with van der Waals surface area (Å²) in [5, 5.41) is 0. The van der Waals surface area contributed by atoms with Gasteiger partial charge in [0, 0.05) is 6.42 Å². The van der Waals surface area contributed by atoms with Crippen LogP contribution in [-0.2, 0) is 4.79 Å². The number of hydrogen-bond donors (Lipinski definition) is 0. The number of benzene rings is 1. The van der Waals surface area contributed by atoms with Crippen LogP contribution in [0, 0.1) is 0 Å². The third-order valence-corrected chi connectivity index (χ3v) is 2.41. The van der Waals surface area contributed by atoms with E-state index >= 15 is 0 Å². The largest absolute Gasteiger partial charge is 0.496 e. The summed E-state index contributed by atoms with van der Waals surface area (Å²) in [6, 6.07) is 7.79. The predicted molar refractivity (Wildman–Crippen MR) is 61.2 cm³/mol. The molecule has 0 spiro atoms. The number of rotatable bonds is 6. The van der Waals surface area contributed by atoms with Crippen molar-refractivity contribution in [2.75, 3.05) is 7.11 Å². The first-order chi connectivity index (χ1) is 7.33. The second kappa shape index (κ2) is 6.02. The standard InChI is InChI=1S/C13H16O2/c1-3-6-11(9-10-14)12-7-4-5-8-13(12)15-2/h3-5,7-8,10-11H,1,6,9H2,2H3. The Morgan fingerprint density at radius 1 is 1.40 bits per heavy atom. The van der Waals surface area contributed by atoms with Gasteiger partial charge in [0.25, 0.3) is 0 Å². The highest BCUT2D eigenvalue weighted by Crippen LogP contribution is 2.30. The van der Waals surface area contributed by atoms with Crippen molar-refractivity contribution in [1.29, 1.82) is 0 Å². The van der Waals surface area contributed by atoms with Gasteiger partial charge in [0.1, 0.15) is 12.0 Å². The quantitative estimate of drug-likeness (QED) is 0.526. The minimum Gasteiger partial charge on any atom is -0.496 e. The van der Waals surface area contributed by atoms with E-state index in [2.05, 4.69) is 6.58 Å². The van der Waals surface area contributed by atoms with E-state index in [1.165, 1.54) is 0 Å². The van der Waals surface area contributed by atoms with E-state index in [4.69, 9.17) is 4.74 Å². The van der Waals surface area contributed by atoms with Gasteiger partial charge in [-0.15, -0.1) is 6.58 Å². The van der Waals surface area contributed by atoms with Gasteiger partial charge in [-0.2, -0.15) is 0 Å². The number of ether oxygens (including phenoxy) is 1. The summed E-state index contributed by atoms with van der Waals surface area (Å²) in [6.07, 6.45) is 4.08. The van der Waals surface area contributed by atoms with Crippen molar-refractivity contribution in [2.24, 2.45) is 0 Å². The highest BCUT2D eigenvalue weighted by molar-refractivity contribution is 5.53. The van der Waals surface area contributed by atoms with E-state index in [1.807, 2.05) is 30.3 Å². The molecule has 0 N–H and O–H groups in total. The van der Waals surface area contributed by atoms with Crippen LogP contribution >= 0.6 is 0 Å². The average molecular weight is 204 g/mol. The summed E-state index contributed by atoms with van der Waals surface area (Å²) in [6.45, 7) is 3.71. The molecular formula is C13H16O2. The van der Waals surface area contributed by atoms with Crippen molar-refractivity contribution in [1.82, 2.24) is 0 Å². The second-order valence-corrected chi connectivity index (χ2v) is 3.37. The van der Waals surface area contributed by atoms with Gasteiger partial charge in [-0.25, -0.2) is 0 Å². The summed E-state index contributed by atoms with van der Waals surface area (Å²) < 4.78 is 5.27. The first-order valence-electron chi connectivity index (χ1n) is 5.01. The molecule has 0 amide bonds. The van der Waals surface area contributed by atoms with Crippen LogP contribution in [0.25, 0.3) is 0 Å². The third-order valence-electron chi connectivity index (χ3n) is 2.41. The lowest BCUT2D eigenvalue weighted by atomic mass is 9.92. The zero-order chi connectivity index (χ0) is 11.1. The number of para-hydroxylation sites is 1. The van der Waals surface area contributed by atoms with Crippen LogP contribution in [-0.4, -0.2) is 13.4 Å². The molecule has 0 saturated carbocycles. The van der Waals surface area contributed by atoms with Crippen LogP contribution in [0.2, 0.25) is 0 Å². The maximum absolute atomic E-state index is 10.6. The number of allylic oxidation sites excluding steroid dienone is 1. The lowest BCUT2D eigenvalue weighted by Crippen LogP contribution is -2.01. The SMILES string of the molecule is C=CCC(CC=O)c1ccccc1OC. The molecule has 0 aliphatic heterocycles. The number of methoxy groups -OCH3 is 1. The Labute approximate surface area is 90.6 Å². The lowest BCUT2D eigenvalue weighted by Gasteiger charge is -2.15. The fraction of sp³-hybridized carbons (Fsp3) is 0.308. The van der Waals surface area contributed by atoms with Gasteiger partial charge in [-0.3, -0.25) is 0 Å². The first kappa shape index (κ1) is 11.5. The second-order valence-electron chi connectivity index (χ2n) is 3.37. The van der Waals surface area contributed by atoms with Crippen LogP contribution in [0.5, 0.6) is 5.75 Å². The number of carbonyl (C=O) groups is 1. The number of aldehydes is 1. The van der Waals surface area contributed by atoms with Crippen molar-refractivity contribution in [3.8, 4) is 5.75 Å². The molecule has 0 saturated heterocycles. The monoisotopic (exact) mass is 204 g/mol. The van der Waals surface area contributed by atoms with Crippen molar-refractivity contribution in [3.63, 3.8) is 0 Å². The molecule has 1 atom stereocenters. The Hall–Kier alpha value is -1.57. The van der Waals surface area contributed by atoms with Crippen molar-refractivity contribution in [3.05, 3.63) is 42.5 Å². The fourth-order valence-electron chi connectivity index (χ4n) is 1.67. The van der Waals surface area contributed by atoms with Gasteiger partial charge in [0.05, 0.1) is 7.11 Å². The zero-order valence-corrected chi connectivity index (χ0v) is 8.98. The highest BCUT2D eigenvalue weighted by atomic mass is 16.5. The maximum atomic E-state index is 10.6. The minimum atomic E-state index is 0.177. The van der Waals surface area contributed by atoms with Crippen molar-refractivity contribution in [2.45, 2.75) is 18.8 Å². The molecule has 0 aliphatic carbocycles. The summed E-state index contributed by atoms with van der Waals surface area (Å²) in [5.74, 6) is 1.02. The lowest BCUT2D eigenvalue weighted by molar-refractivity contribution is -0.108. The number of hydrogen-bond acceptors (Lipinski definition) is 2. The summed E-state index contributed by atoms with van der Waals surface area (Å²) in [4.78, 5) is 10.6. The van der Waals surface area contributed by atoms with Gasteiger partial charge in [-0.1, -0.05) is 24.3 Å². The Kier molecular flexibility index (Phi) is 4.61. The molecule has 1 unspecified atom stereocenters. The van der Waals surface area contributed by atoms with Crippen LogP contribution < -0.4 is 4.74 Å². The smallest absolute Gasteiger partial charge is 0.122 e. The molecule has 1 aromatic carbocycles. The van der Waals surface area contributed by atoms with Gasteiger partial charge in [-0.05, 0) is 24.0 Å². The molecule has 0 bridgehead atoms. The maximum Gasteiger partial charge on any atom is 0.122 e. The topological polar surface area (TPSA) is 26.3 Å². The van der Waals surface area contributed by atoms with Gasteiger partial charge >= 0.3 is 0 Å².